The summed E-state index contributed by atoms with van der Waals surface area (Å²) in [6.45, 7) is 2.37. The number of carboxylic acid groups (broad SMARTS) is 1. The van der Waals surface area contributed by atoms with Crippen LogP contribution in [0.25, 0.3) is 0 Å². The molecule has 4 nitrogen and oxygen atoms in total. The molecule has 1 aromatic carbocycles. The molecule has 0 spiro atoms. The van der Waals surface area contributed by atoms with Crippen molar-refractivity contribution in [3.05, 3.63) is 66.0 Å². The lowest BCUT2D eigenvalue weighted by molar-refractivity contribution is -0.153. The van der Waals surface area contributed by atoms with Gasteiger partial charge in [-0.15, -0.1) is 0 Å². The van der Waals surface area contributed by atoms with Crippen molar-refractivity contribution in [2.75, 3.05) is 13.1 Å². The van der Waals surface area contributed by atoms with E-state index in [1.165, 1.54) is 5.56 Å². The predicted molar refractivity (Wildman–Crippen MR) is 98.2 cm³/mol. The molecule has 1 N–H and O–H groups in total. The van der Waals surface area contributed by atoms with Gasteiger partial charge in [0, 0.05) is 25.5 Å². The van der Waals surface area contributed by atoms with Gasteiger partial charge in [0.25, 0.3) is 0 Å². The number of aromatic nitrogens is 1. The fourth-order valence-electron chi connectivity index (χ4n) is 3.87. The van der Waals surface area contributed by atoms with E-state index in [1.807, 2.05) is 30.5 Å². The zero-order valence-corrected chi connectivity index (χ0v) is 14.6. The molecule has 0 bridgehead atoms. The maximum Gasteiger partial charge on any atom is 0.310 e. The van der Waals surface area contributed by atoms with Gasteiger partial charge in [0.2, 0.25) is 0 Å². The molecule has 2 aromatic rings. The van der Waals surface area contributed by atoms with E-state index in [2.05, 4.69) is 28.1 Å². The van der Waals surface area contributed by atoms with Crippen LogP contribution in [0.15, 0.2) is 54.9 Å². The molecule has 3 rings (SSSR count). The van der Waals surface area contributed by atoms with Crippen molar-refractivity contribution in [1.29, 1.82) is 0 Å². The number of likely N-dealkylation sites (tertiary alicyclic amines) is 1. The van der Waals surface area contributed by atoms with Gasteiger partial charge in [-0.25, -0.2) is 0 Å². The number of aliphatic carboxylic acids is 1. The van der Waals surface area contributed by atoms with Gasteiger partial charge in [-0.3, -0.25) is 14.7 Å². The molecule has 0 unspecified atom stereocenters. The van der Waals surface area contributed by atoms with Crippen LogP contribution in [-0.4, -0.2) is 34.0 Å². The largest absolute Gasteiger partial charge is 0.481 e. The molecule has 0 aliphatic carbocycles. The highest BCUT2D eigenvalue weighted by Crippen LogP contribution is 2.36. The molecule has 4 heteroatoms. The molecule has 0 radical (unpaired) electrons. The average molecular weight is 338 g/mol. The summed E-state index contributed by atoms with van der Waals surface area (Å²) in [6.07, 6.45) is 7.95. The van der Waals surface area contributed by atoms with Crippen LogP contribution in [0, 0.1) is 5.41 Å². The van der Waals surface area contributed by atoms with Gasteiger partial charge in [-0.2, -0.15) is 0 Å². The summed E-state index contributed by atoms with van der Waals surface area (Å²) < 4.78 is 0. The summed E-state index contributed by atoms with van der Waals surface area (Å²) in [7, 11) is 0. The van der Waals surface area contributed by atoms with Crippen molar-refractivity contribution in [2.45, 2.75) is 38.6 Å². The van der Waals surface area contributed by atoms with E-state index in [4.69, 9.17) is 0 Å². The van der Waals surface area contributed by atoms with Gasteiger partial charge in [-0.1, -0.05) is 36.4 Å². The second kappa shape index (κ2) is 8.26. The Labute approximate surface area is 149 Å². The second-order valence-corrected chi connectivity index (χ2v) is 7.10. The Morgan fingerprint density at radius 1 is 1.16 bits per heavy atom. The normalized spacial score (nSPS) is 21.1. The minimum Gasteiger partial charge on any atom is -0.481 e. The van der Waals surface area contributed by atoms with Crippen molar-refractivity contribution >= 4 is 5.97 Å². The molecule has 1 fully saturated rings. The van der Waals surface area contributed by atoms with Gasteiger partial charge < -0.3 is 5.11 Å². The Morgan fingerprint density at radius 2 is 1.96 bits per heavy atom. The Kier molecular flexibility index (Phi) is 5.82. The summed E-state index contributed by atoms with van der Waals surface area (Å²) in [5.41, 5.74) is 1.81. The number of nitrogens with zero attached hydrogens (tertiary/aromatic N) is 2. The van der Waals surface area contributed by atoms with Crippen LogP contribution in [0.5, 0.6) is 0 Å². The number of carbonyl (C=O) groups is 1. The Bertz CT molecular complexity index is 675. The zero-order chi connectivity index (χ0) is 17.5. The highest BCUT2D eigenvalue weighted by Gasteiger charge is 2.41. The van der Waals surface area contributed by atoms with E-state index in [0.29, 0.717) is 6.54 Å². The quantitative estimate of drug-likeness (QED) is 0.835. The number of piperidine rings is 1. The monoisotopic (exact) mass is 338 g/mol. The van der Waals surface area contributed by atoms with Gasteiger partial charge in [0.1, 0.15) is 0 Å². The second-order valence-electron chi connectivity index (χ2n) is 7.10. The molecule has 132 valence electrons. The molecule has 2 heterocycles. The van der Waals surface area contributed by atoms with Crippen LogP contribution in [0.2, 0.25) is 0 Å². The summed E-state index contributed by atoms with van der Waals surface area (Å²) in [4.78, 5) is 18.5. The summed E-state index contributed by atoms with van der Waals surface area (Å²) in [5, 5.41) is 9.93. The first-order valence-corrected chi connectivity index (χ1v) is 9.07. The Morgan fingerprint density at radius 3 is 2.68 bits per heavy atom. The van der Waals surface area contributed by atoms with Crippen LogP contribution in [0.3, 0.4) is 0 Å². The first kappa shape index (κ1) is 17.6. The zero-order valence-electron chi connectivity index (χ0n) is 14.6. The number of benzene rings is 1. The maximum atomic E-state index is 12.1. The van der Waals surface area contributed by atoms with Crippen LogP contribution in [0.4, 0.5) is 0 Å². The van der Waals surface area contributed by atoms with Crippen LogP contribution in [0.1, 0.15) is 36.8 Å². The molecule has 1 aliphatic rings. The first-order valence-electron chi connectivity index (χ1n) is 9.07. The van der Waals surface area contributed by atoms with Crippen LogP contribution in [-0.2, 0) is 17.8 Å². The Hall–Kier alpha value is -2.20. The van der Waals surface area contributed by atoms with Crippen molar-refractivity contribution in [2.24, 2.45) is 5.41 Å². The number of rotatable bonds is 7. The number of hydrogen-bond acceptors (Lipinski definition) is 3. The minimum atomic E-state index is -0.642. The maximum absolute atomic E-state index is 12.1. The SMILES string of the molecule is O=C(O)[C@@]1(CCCc2ccccc2)CCCN(Cc2cccnc2)C1. The van der Waals surface area contributed by atoms with Crippen molar-refractivity contribution in [1.82, 2.24) is 9.88 Å². The molecular formula is C21H26N2O2. The van der Waals surface area contributed by atoms with Crippen LogP contribution < -0.4 is 0 Å². The molecule has 1 atom stereocenters. The van der Waals surface area contributed by atoms with E-state index >= 15 is 0 Å². The summed E-state index contributed by atoms with van der Waals surface area (Å²) in [6, 6.07) is 14.3. The van der Waals surface area contributed by atoms with Gasteiger partial charge in [-0.05, 0) is 55.8 Å². The predicted octanol–water partition coefficient (Wildman–Crippen LogP) is 3.77. The fourth-order valence-corrected chi connectivity index (χ4v) is 3.87. The standard InChI is InChI=1S/C21H26N2O2/c24-20(25)21(11-4-9-18-7-2-1-3-8-18)12-6-14-23(17-21)16-19-10-5-13-22-15-19/h1-3,5,7-8,10,13,15H,4,6,9,11-12,14,16-17H2,(H,24,25)/t21-/m0/s1. The topological polar surface area (TPSA) is 53.4 Å². The molecular weight excluding hydrogens is 312 g/mol. The highest BCUT2D eigenvalue weighted by atomic mass is 16.4. The third-order valence-corrected chi connectivity index (χ3v) is 5.20. The van der Waals surface area contributed by atoms with E-state index < -0.39 is 11.4 Å². The lowest BCUT2D eigenvalue weighted by Gasteiger charge is -2.40. The Balaban J connectivity index is 1.61. The molecule has 0 saturated carbocycles. The number of hydrogen-bond donors (Lipinski definition) is 1. The van der Waals surface area contributed by atoms with Crippen molar-refractivity contribution in [3.8, 4) is 0 Å². The highest BCUT2D eigenvalue weighted by molar-refractivity contribution is 5.75. The van der Waals surface area contributed by atoms with Crippen molar-refractivity contribution in [3.63, 3.8) is 0 Å². The van der Waals surface area contributed by atoms with Gasteiger partial charge >= 0.3 is 5.97 Å². The van der Waals surface area contributed by atoms with E-state index in [1.54, 1.807) is 6.20 Å². The van der Waals surface area contributed by atoms with Crippen LogP contribution >= 0.6 is 0 Å². The van der Waals surface area contributed by atoms with Crippen molar-refractivity contribution < 1.29 is 9.90 Å². The minimum absolute atomic E-state index is 0.616. The molecule has 1 saturated heterocycles. The first-order chi connectivity index (χ1) is 12.2. The third kappa shape index (κ3) is 4.67. The van der Waals surface area contributed by atoms with E-state index in [0.717, 1.165) is 50.8 Å². The van der Waals surface area contributed by atoms with Gasteiger partial charge in [0.15, 0.2) is 0 Å². The number of aryl methyl sites for hydroxylation is 1. The third-order valence-electron chi connectivity index (χ3n) is 5.20. The molecule has 1 aromatic heterocycles. The fraction of sp³-hybridized carbons (Fsp3) is 0.429. The lowest BCUT2D eigenvalue weighted by Crippen LogP contribution is -2.47. The molecule has 25 heavy (non-hydrogen) atoms. The average Bonchev–Trinajstić information content (AvgIpc) is 2.64. The summed E-state index contributed by atoms with van der Waals surface area (Å²) >= 11 is 0. The number of pyridine rings is 1. The smallest absolute Gasteiger partial charge is 0.310 e. The van der Waals surface area contributed by atoms with Gasteiger partial charge in [0.05, 0.1) is 5.41 Å². The summed E-state index contributed by atoms with van der Waals surface area (Å²) in [5.74, 6) is -0.642. The van der Waals surface area contributed by atoms with E-state index in [9.17, 15) is 9.90 Å². The van der Waals surface area contributed by atoms with E-state index in [-0.39, 0.29) is 0 Å². The molecule has 0 amide bonds. The lowest BCUT2D eigenvalue weighted by atomic mass is 9.75. The molecule has 1 aliphatic heterocycles. The number of carboxylic acids is 1.